The summed E-state index contributed by atoms with van der Waals surface area (Å²) in [5, 5.41) is 10.4. The molecule has 8 heteroatoms. The number of hydrogen-bond donors (Lipinski definition) is 1. The fourth-order valence-electron chi connectivity index (χ4n) is 8.82. The molecule has 0 aromatic heterocycles. The first-order valence-electron chi connectivity index (χ1n) is 25.9. The highest BCUT2D eigenvalue weighted by Crippen LogP contribution is 2.28. The number of ether oxygens (including phenoxy) is 3. The Hall–Kier alpha value is -1.93. The van der Waals surface area contributed by atoms with Crippen molar-refractivity contribution in [3.05, 3.63) is 12.2 Å². The van der Waals surface area contributed by atoms with Gasteiger partial charge < -0.3 is 19.3 Å². The third kappa shape index (κ3) is 27.8. The van der Waals surface area contributed by atoms with Crippen LogP contribution in [0.5, 0.6) is 0 Å². The van der Waals surface area contributed by atoms with E-state index in [2.05, 4.69) is 44.7 Å². The third-order valence-corrected chi connectivity index (χ3v) is 13.2. The summed E-state index contributed by atoms with van der Waals surface area (Å²) in [4.78, 5) is 40.9. The van der Waals surface area contributed by atoms with Gasteiger partial charge in [-0.15, -0.1) is 0 Å². The number of hydrogen-bond acceptors (Lipinski definition) is 8. The topological polar surface area (TPSA) is 102 Å². The van der Waals surface area contributed by atoms with E-state index in [-0.39, 0.29) is 17.9 Å². The number of aliphatic hydroxyl groups is 1. The number of rotatable bonds is 40. The molecule has 0 aromatic rings. The summed E-state index contributed by atoms with van der Waals surface area (Å²) < 4.78 is 17.2. The highest BCUT2D eigenvalue weighted by molar-refractivity contribution is 5.77. The van der Waals surface area contributed by atoms with E-state index in [0.717, 1.165) is 82.5 Å². The van der Waals surface area contributed by atoms with Gasteiger partial charge in [-0.2, -0.15) is 0 Å². The van der Waals surface area contributed by atoms with Gasteiger partial charge in [-0.25, -0.2) is 0 Å². The van der Waals surface area contributed by atoms with Gasteiger partial charge in [0.25, 0.3) is 0 Å². The van der Waals surface area contributed by atoms with Crippen LogP contribution in [0.4, 0.5) is 0 Å². The second-order valence-electron chi connectivity index (χ2n) is 20.1. The fraction of sp³-hybridized carbons (Fsp3) is 0.906. The molecule has 0 bridgehead atoms. The van der Waals surface area contributed by atoms with Crippen LogP contribution in [0.2, 0.25) is 0 Å². The van der Waals surface area contributed by atoms with Crippen molar-refractivity contribution in [1.82, 2.24) is 4.90 Å². The zero-order chi connectivity index (χ0) is 45.2. The number of likely N-dealkylation sites (tertiary alicyclic amines) is 1. The number of allylic oxidation sites excluding steroid dienone is 2. The summed E-state index contributed by atoms with van der Waals surface area (Å²) in [7, 11) is 0. The molecule has 0 unspecified atom stereocenters. The van der Waals surface area contributed by atoms with Crippen LogP contribution in [0.15, 0.2) is 12.2 Å². The lowest BCUT2D eigenvalue weighted by molar-refractivity contribution is -0.155. The lowest BCUT2D eigenvalue weighted by atomic mass is 9.87. The molecule has 1 aliphatic heterocycles. The Morgan fingerprint density at radius 3 is 1.54 bits per heavy atom. The molecule has 0 saturated carbocycles. The molecule has 1 rings (SSSR count). The number of carbonyl (C=O) groups is 3. The fourth-order valence-corrected chi connectivity index (χ4v) is 8.82. The SMILES string of the molecule is CCCCCC(CCCCC)CCCOC(=O)C(C)(C)C/C=C/CCCN1C[C@H](O)C[C@H]1C(=O)OCCCCCCC(C)(C)C(=O)OCCCC(CCCCC)CCCCC. The van der Waals surface area contributed by atoms with Crippen LogP contribution < -0.4 is 0 Å². The zero-order valence-corrected chi connectivity index (χ0v) is 41.3. The van der Waals surface area contributed by atoms with E-state index in [9.17, 15) is 19.5 Å². The normalized spacial score (nSPS) is 16.3. The Morgan fingerprint density at radius 1 is 0.574 bits per heavy atom. The Kier molecular flexibility index (Phi) is 33.2. The van der Waals surface area contributed by atoms with Crippen LogP contribution in [-0.2, 0) is 28.6 Å². The second-order valence-corrected chi connectivity index (χ2v) is 20.1. The van der Waals surface area contributed by atoms with Crippen LogP contribution in [0, 0.1) is 22.7 Å². The van der Waals surface area contributed by atoms with E-state index in [1.54, 1.807) is 0 Å². The van der Waals surface area contributed by atoms with Crippen molar-refractivity contribution in [2.45, 2.75) is 254 Å². The van der Waals surface area contributed by atoms with Gasteiger partial charge in [0.1, 0.15) is 6.04 Å². The summed E-state index contributed by atoms with van der Waals surface area (Å²) in [6.07, 6.45) is 35.7. The first-order valence-corrected chi connectivity index (χ1v) is 25.9. The number of carbonyl (C=O) groups excluding carboxylic acids is 3. The molecule has 8 nitrogen and oxygen atoms in total. The van der Waals surface area contributed by atoms with E-state index in [1.165, 1.54) is 103 Å². The minimum atomic E-state index is -0.568. The van der Waals surface area contributed by atoms with E-state index in [4.69, 9.17) is 14.2 Å². The van der Waals surface area contributed by atoms with E-state index >= 15 is 0 Å². The van der Waals surface area contributed by atoms with Crippen molar-refractivity contribution in [1.29, 1.82) is 0 Å². The Labute approximate surface area is 376 Å². The van der Waals surface area contributed by atoms with Crippen molar-refractivity contribution < 1.29 is 33.7 Å². The maximum absolute atomic E-state index is 13.0. The number of β-amino-alcohol motifs (C(OH)–C–C–N with tert-alkyl or cyclic N) is 1. The van der Waals surface area contributed by atoms with Crippen LogP contribution in [0.1, 0.15) is 242 Å². The molecule has 1 saturated heterocycles. The van der Waals surface area contributed by atoms with Crippen molar-refractivity contribution in [3.63, 3.8) is 0 Å². The minimum Gasteiger partial charge on any atom is -0.465 e. The minimum absolute atomic E-state index is 0.0877. The van der Waals surface area contributed by atoms with Crippen LogP contribution in [0.3, 0.4) is 0 Å². The monoisotopic (exact) mass is 862 g/mol. The Morgan fingerprint density at radius 2 is 1.03 bits per heavy atom. The molecule has 0 aliphatic carbocycles. The summed E-state index contributed by atoms with van der Waals surface area (Å²) in [6.45, 7) is 19.5. The molecule has 1 heterocycles. The molecule has 0 aromatic carbocycles. The average Bonchev–Trinajstić information content (AvgIpc) is 3.61. The highest BCUT2D eigenvalue weighted by atomic mass is 16.5. The highest BCUT2D eigenvalue weighted by Gasteiger charge is 2.36. The van der Waals surface area contributed by atoms with Crippen LogP contribution in [0.25, 0.3) is 0 Å². The van der Waals surface area contributed by atoms with Crippen molar-refractivity contribution >= 4 is 17.9 Å². The second kappa shape index (κ2) is 35.4. The van der Waals surface area contributed by atoms with Gasteiger partial charge in [-0.1, -0.05) is 162 Å². The average molecular weight is 862 g/mol. The predicted molar refractivity (Wildman–Crippen MR) is 255 cm³/mol. The summed E-state index contributed by atoms with van der Waals surface area (Å²) in [6, 6.07) is -0.407. The van der Waals surface area contributed by atoms with Crippen molar-refractivity contribution in [2.24, 2.45) is 22.7 Å². The molecule has 1 N–H and O–H groups in total. The van der Waals surface area contributed by atoms with Gasteiger partial charge in [-0.3, -0.25) is 19.3 Å². The molecule has 1 fully saturated rings. The number of aliphatic hydroxyl groups excluding tert-OH is 1. The lowest BCUT2D eigenvalue weighted by Crippen LogP contribution is -2.38. The molecule has 0 radical (unpaired) electrons. The first kappa shape index (κ1) is 57.1. The molecule has 2 atom stereocenters. The van der Waals surface area contributed by atoms with Gasteiger partial charge in [0.05, 0.1) is 36.8 Å². The van der Waals surface area contributed by atoms with E-state index < -0.39 is 23.0 Å². The number of nitrogens with zero attached hydrogens (tertiary/aromatic N) is 1. The number of esters is 3. The van der Waals surface area contributed by atoms with Crippen LogP contribution >= 0.6 is 0 Å². The molecule has 61 heavy (non-hydrogen) atoms. The maximum Gasteiger partial charge on any atom is 0.323 e. The molecule has 358 valence electrons. The maximum atomic E-state index is 13.0. The van der Waals surface area contributed by atoms with Gasteiger partial charge >= 0.3 is 17.9 Å². The van der Waals surface area contributed by atoms with Gasteiger partial charge in [-0.05, 0) is 104 Å². The summed E-state index contributed by atoms with van der Waals surface area (Å²) >= 11 is 0. The third-order valence-electron chi connectivity index (χ3n) is 13.2. The standard InChI is InChI=1S/C53H99NO7/c1-9-13-21-31-45(32-22-14-10-2)35-29-41-60-50(57)52(5,6)37-25-17-19-27-39-54-44-47(55)43-48(54)49(56)59-40-28-20-18-26-38-53(7,8)51(58)61-42-30-36-46(33-23-15-11-3)34-24-16-12-4/h17,25,45-48,55H,9-16,18-24,26-44H2,1-8H3/b25-17+/t47-,48+/m1/s1. The summed E-state index contributed by atoms with van der Waals surface area (Å²) in [5.41, 5.74) is -1.06. The first-order chi connectivity index (χ1) is 29.3. The van der Waals surface area contributed by atoms with Crippen molar-refractivity contribution in [2.75, 3.05) is 32.9 Å². The van der Waals surface area contributed by atoms with Gasteiger partial charge in [0.2, 0.25) is 0 Å². The van der Waals surface area contributed by atoms with Gasteiger partial charge in [0.15, 0.2) is 0 Å². The largest absolute Gasteiger partial charge is 0.465 e. The molecule has 0 spiro atoms. The lowest BCUT2D eigenvalue weighted by Gasteiger charge is -2.23. The smallest absolute Gasteiger partial charge is 0.323 e. The number of unbranched alkanes of at least 4 members (excludes halogenated alkanes) is 12. The Bertz CT molecular complexity index is 1120. The van der Waals surface area contributed by atoms with Crippen molar-refractivity contribution in [3.8, 4) is 0 Å². The molecular weight excluding hydrogens is 763 g/mol. The Balaban J connectivity index is 2.29. The predicted octanol–water partition coefficient (Wildman–Crippen LogP) is 13.9. The molecule has 0 amide bonds. The molecule has 1 aliphatic rings. The van der Waals surface area contributed by atoms with E-state index in [1.807, 2.05) is 27.7 Å². The van der Waals surface area contributed by atoms with E-state index in [0.29, 0.717) is 45.8 Å². The zero-order valence-electron chi connectivity index (χ0n) is 41.3. The van der Waals surface area contributed by atoms with Crippen LogP contribution in [-0.4, -0.2) is 73.0 Å². The molecular formula is C53H99NO7. The summed E-state index contributed by atoms with van der Waals surface area (Å²) in [5.74, 6) is 1.05. The quantitative estimate of drug-likeness (QED) is 0.0281. The van der Waals surface area contributed by atoms with Gasteiger partial charge in [0, 0.05) is 13.0 Å².